The predicted octanol–water partition coefficient (Wildman–Crippen LogP) is 9.43. The number of methoxy groups -OCH3 is 1. The molecule has 0 aliphatic carbocycles. The van der Waals surface area contributed by atoms with Gasteiger partial charge in [-0.05, 0) is 95.4 Å². The van der Waals surface area contributed by atoms with Gasteiger partial charge in [-0.15, -0.1) is 0 Å². The van der Waals surface area contributed by atoms with Crippen LogP contribution < -0.4 is 19.8 Å². The van der Waals surface area contributed by atoms with Crippen LogP contribution in [0.2, 0.25) is 10.0 Å². The molecule has 5 rings (SSSR count). The zero-order valence-electron chi connectivity index (χ0n) is 25.5. The van der Waals surface area contributed by atoms with E-state index in [0.717, 1.165) is 28.0 Å². The van der Waals surface area contributed by atoms with Crippen molar-refractivity contribution in [3.05, 3.63) is 114 Å². The van der Waals surface area contributed by atoms with Crippen molar-refractivity contribution in [2.75, 3.05) is 13.7 Å². The number of fused-ring (bicyclic) bond motifs is 1. The molecule has 0 spiro atoms. The van der Waals surface area contributed by atoms with E-state index in [1.165, 1.54) is 4.68 Å². The molecule has 0 N–H and O–H groups in total. The van der Waals surface area contributed by atoms with Gasteiger partial charge >= 0.3 is 0 Å². The number of halogens is 3. The number of benzene rings is 4. The molecular weight excluding hydrogens is 677 g/mol. The highest BCUT2D eigenvalue weighted by molar-refractivity contribution is 9.10. The predicted molar refractivity (Wildman–Crippen MR) is 186 cm³/mol. The fourth-order valence-electron chi connectivity index (χ4n) is 4.91. The van der Waals surface area contributed by atoms with Gasteiger partial charge < -0.3 is 14.2 Å². The Bertz CT molecular complexity index is 1970. The van der Waals surface area contributed by atoms with Crippen molar-refractivity contribution in [2.24, 2.45) is 5.10 Å². The second-order valence-corrected chi connectivity index (χ2v) is 12.4. The second kappa shape index (κ2) is 14.1. The summed E-state index contributed by atoms with van der Waals surface area (Å²) < 4.78 is 19.7. The van der Waals surface area contributed by atoms with Crippen LogP contribution in [-0.2, 0) is 6.61 Å². The van der Waals surface area contributed by atoms with Crippen molar-refractivity contribution in [3.8, 4) is 28.6 Å². The van der Waals surface area contributed by atoms with Gasteiger partial charge in [0.25, 0.3) is 5.56 Å². The molecule has 45 heavy (non-hydrogen) atoms. The summed E-state index contributed by atoms with van der Waals surface area (Å²) in [4.78, 5) is 18.8. The summed E-state index contributed by atoms with van der Waals surface area (Å²) in [5.74, 6) is 2.43. The van der Waals surface area contributed by atoms with Crippen LogP contribution in [0.4, 0.5) is 0 Å². The maximum atomic E-state index is 13.9. The molecule has 0 fully saturated rings. The fraction of sp³-hybridized carbons (Fsp3) is 0.229. The van der Waals surface area contributed by atoms with Gasteiger partial charge in [0, 0.05) is 31.2 Å². The minimum atomic E-state index is -0.283. The van der Waals surface area contributed by atoms with Crippen LogP contribution in [0.25, 0.3) is 22.3 Å². The lowest BCUT2D eigenvalue weighted by Gasteiger charge is -2.18. The summed E-state index contributed by atoms with van der Waals surface area (Å²) >= 11 is 16.0. The third kappa shape index (κ3) is 7.03. The quantitative estimate of drug-likeness (QED) is 0.135. The number of aromatic nitrogens is 2. The molecule has 0 radical (unpaired) electrons. The van der Waals surface area contributed by atoms with Crippen molar-refractivity contribution in [3.63, 3.8) is 0 Å². The zero-order valence-corrected chi connectivity index (χ0v) is 28.6. The van der Waals surface area contributed by atoms with Crippen molar-refractivity contribution >= 4 is 56.2 Å². The van der Waals surface area contributed by atoms with E-state index in [0.29, 0.717) is 54.9 Å². The molecule has 0 aliphatic heterocycles. The topological polar surface area (TPSA) is 74.9 Å². The van der Waals surface area contributed by atoms with E-state index >= 15 is 0 Å². The molecule has 10 heteroatoms. The summed E-state index contributed by atoms with van der Waals surface area (Å²) in [6, 6.07) is 20.1. The molecule has 1 heterocycles. The van der Waals surface area contributed by atoms with E-state index in [1.54, 1.807) is 43.7 Å². The Labute approximate surface area is 280 Å². The Hall–Kier alpha value is -3.85. The van der Waals surface area contributed by atoms with Crippen LogP contribution in [-0.4, -0.2) is 29.6 Å². The first kappa shape index (κ1) is 32.5. The summed E-state index contributed by atoms with van der Waals surface area (Å²) in [6.45, 7) is 8.93. The van der Waals surface area contributed by atoms with Crippen molar-refractivity contribution in [1.82, 2.24) is 9.66 Å². The van der Waals surface area contributed by atoms with Crippen LogP contribution in [0.1, 0.15) is 48.9 Å². The third-order valence-corrected chi connectivity index (χ3v) is 8.54. The molecule has 232 valence electrons. The van der Waals surface area contributed by atoms with E-state index in [1.807, 2.05) is 50.2 Å². The molecule has 0 unspecified atom stereocenters. The van der Waals surface area contributed by atoms with Crippen LogP contribution in [0.5, 0.6) is 17.2 Å². The van der Waals surface area contributed by atoms with Crippen LogP contribution in [0.3, 0.4) is 0 Å². The standard InChI is InChI=1S/C35H32BrCl2N3O4/c1-6-44-31-13-21(4)27(16-26(31)20(2)3)34-40-30-10-8-7-9-25(30)35(42)41(34)39-18-23-14-32(43-5)33(17-28(23)36)45-19-22-11-12-24(37)15-29(22)38/h7-18,20H,6,19H2,1-5H3. The van der Waals surface area contributed by atoms with Gasteiger partial charge in [0.05, 0.1) is 30.8 Å². The van der Waals surface area contributed by atoms with Crippen molar-refractivity contribution < 1.29 is 14.2 Å². The van der Waals surface area contributed by atoms with E-state index in [-0.39, 0.29) is 18.1 Å². The van der Waals surface area contributed by atoms with E-state index < -0.39 is 0 Å². The molecule has 5 aromatic rings. The fourth-order valence-corrected chi connectivity index (χ4v) is 5.80. The van der Waals surface area contributed by atoms with Gasteiger partial charge in [-0.25, -0.2) is 4.98 Å². The lowest BCUT2D eigenvalue weighted by molar-refractivity contribution is 0.284. The van der Waals surface area contributed by atoms with Crippen LogP contribution >= 0.6 is 39.1 Å². The number of aryl methyl sites for hydroxylation is 1. The highest BCUT2D eigenvalue weighted by Crippen LogP contribution is 2.36. The Balaban J connectivity index is 1.58. The monoisotopic (exact) mass is 707 g/mol. The molecule has 4 aromatic carbocycles. The summed E-state index contributed by atoms with van der Waals surface area (Å²) in [5.41, 5.74) is 4.50. The van der Waals surface area contributed by atoms with Gasteiger partial charge in [0.15, 0.2) is 17.3 Å². The molecule has 7 nitrogen and oxygen atoms in total. The first-order valence-corrected chi connectivity index (χ1v) is 15.9. The van der Waals surface area contributed by atoms with Gasteiger partial charge in [0.1, 0.15) is 12.4 Å². The van der Waals surface area contributed by atoms with E-state index in [2.05, 4.69) is 34.9 Å². The molecule has 0 bridgehead atoms. The van der Waals surface area contributed by atoms with Gasteiger partial charge in [-0.2, -0.15) is 9.78 Å². The summed E-state index contributed by atoms with van der Waals surface area (Å²) in [7, 11) is 1.56. The average Bonchev–Trinajstić information content (AvgIpc) is 3.01. The lowest BCUT2D eigenvalue weighted by atomic mass is 9.96. The first-order chi connectivity index (χ1) is 21.6. The number of rotatable bonds is 10. The minimum absolute atomic E-state index is 0.190. The zero-order chi connectivity index (χ0) is 32.2. The molecule has 0 amide bonds. The number of hydrogen-bond donors (Lipinski definition) is 0. The minimum Gasteiger partial charge on any atom is -0.494 e. The largest absolute Gasteiger partial charge is 0.494 e. The van der Waals surface area contributed by atoms with E-state index in [9.17, 15) is 4.79 Å². The third-order valence-electron chi connectivity index (χ3n) is 7.27. The first-order valence-electron chi connectivity index (χ1n) is 14.4. The SMILES string of the molecule is CCOc1cc(C)c(-c2nc3ccccc3c(=O)n2N=Cc2cc(OC)c(OCc3ccc(Cl)cc3Cl)cc2Br)cc1C(C)C. The van der Waals surface area contributed by atoms with Gasteiger partial charge in [-0.3, -0.25) is 4.79 Å². The Morgan fingerprint density at radius 3 is 2.49 bits per heavy atom. The maximum absolute atomic E-state index is 13.9. The lowest BCUT2D eigenvalue weighted by Crippen LogP contribution is -2.21. The smallest absolute Gasteiger partial charge is 0.282 e. The summed E-state index contributed by atoms with van der Waals surface area (Å²) in [6.07, 6.45) is 1.60. The second-order valence-electron chi connectivity index (χ2n) is 10.7. The van der Waals surface area contributed by atoms with Crippen molar-refractivity contribution in [1.29, 1.82) is 0 Å². The van der Waals surface area contributed by atoms with Gasteiger partial charge in [0.2, 0.25) is 0 Å². The van der Waals surface area contributed by atoms with E-state index in [4.69, 9.17) is 42.4 Å². The average molecular weight is 709 g/mol. The maximum Gasteiger partial charge on any atom is 0.282 e. The van der Waals surface area contributed by atoms with Crippen LogP contribution in [0, 0.1) is 6.92 Å². The molecule has 0 saturated heterocycles. The number of ether oxygens (including phenoxy) is 3. The number of para-hydroxylation sites is 1. The number of nitrogens with zero attached hydrogens (tertiary/aromatic N) is 3. The molecule has 0 aliphatic rings. The normalized spacial score (nSPS) is 11.5. The van der Waals surface area contributed by atoms with Crippen LogP contribution in [0.15, 0.2) is 81.1 Å². The highest BCUT2D eigenvalue weighted by atomic mass is 79.9. The Morgan fingerprint density at radius 1 is 1.00 bits per heavy atom. The molecular formula is C35H32BrCl2N3O4. The Kier molecular flexibility index (Phi) is 10.2. The number of hydrogen-bond acceptors (Lipinski definition) is 6. The molecule has 0 saturated carbocycles. The summed E-state index contributed by atoms with van der Waals surface area (Å²) in [5, 5.41) is 6.21. The molecule has 1 aromatic heterocycles. The highest BCUT2D eigenvalue weighted by Gasteiger charge is 2.19. The van der Waals surface area contributed by atoms with Gasteiger partial charge in [-0.1, -0.05) is 55.2 Å². The van der Waals surface area contributed by atoms with Crippen molar-refractivity contribution in [2.45, 2.75) is 40.2 Å². The Morgan fingerprint density at radius 2 is 1.78 bits per heavy atom. The molecule has 0 atom stereocenters.